The van der Waals surface area contributed by atoms with Gasteiger partial charge in [-0.05, 0) is 48.1 Å². The molecule has 0 radical (unpaired) electrons. The first-order chi connectivity index (χ1) is 17.5. The van der Waals surface area contributed by atoms with Gasteiger partial charge >= 0.3 is 11.9 Å². The average molecular weight is 536 g/mol. The maximum Gasteiger partial charge on any atom is 0.418 e. The monoisotopic (exact) mass is 535 g/mol. The molecule has 0 spiro atoms. The number of benzene rings is 1. The number of hydrogen-bond donors (Lipinski definition) is 0. The lowest BCUT2D eigenvalue weighted by Crippen LogP contribution is -2.24. The van der Waals surface area contributed by atoms with E-state index in [0.717, 1.165) is 65.2 Å². The molecular weight excluding hydrogens is 511 g/mol. The molecule has 9 nitrogen and oxygen atoms in total. The maximum atomic E-state index is 13.9. The van der Waals surface area contributed by atoms with Crippen molar-refractivity contribution in [3.05, 3.63) is 82.1 Å². The Bertz CT molecular complexity index is 1630. The second-order valence-corrected chi connectivity index (χ2v) is 11.0. The fraction of sp³-hybridized carbons (Fsp3) is 0.375. The second-order valence-electron chi connectivity index (χ2n) is 9.23. The third-order valence-corrected chi connectivity index (χ3v) is 8.07. The Balaban J connectivity index is 1.65. The molecule has 0 bridgehead atoms. The normalized spacial score (nSPS) is 15.7. The minimum absolute atomic E-state index is 0.0782. The van der Waals surface area contributed by atoms with Crippen LogP contribution in [-0.2, 0) is 33.3 Å². The molecule has 1 unspecified atom stereocenters. The van der Waals surface area contributed by atoms with E-state index in [1.165, 1.54) is 0 Å². The molecule has 37 heavy (non-hydrogen) atoms. The van der Waals surface area contributed by atoms with Gasteiger partial charge in [-0.25, -0.2) is 4.79 Å². The fourth-order valence-electron chi connectivity index (χ4n) is 4.85. The number of rotatable bonds is 7. The molecule has 5 rings (SSSR count). The Morgan fingerprint density at radius 1 is 1.19 bits per heavy atom. The fourth-order valence-corrected chi connectivity index (χ4v) is 5.53. The van der Waals surface area contributed by atoms with E-state index in [2.05, 4.69) is 14.4 Å². The van der Waals surface area contributed by atoms with Crippen LogP contribution in [0.25, 0.3) is 11.2 Å². The predicted molar refractivity (Wildman–Crippen MR) is 128 cm³/mol. The molecule has 1 saturated carbocycles. The van der Waals surface area contributed by atoms with Crippen molar-refractivity contribution in [3.63, 3.8) is 0 Å². The summed E-state index contributed by atoms with van der Waals surface area (Å²) in [5.41, 5.74) is -1.21. The van der Waals surface area contributed by atoms with Crippen molar-refractivity contribution in [1.29, 1.82) is 0 Å². The summed E-state index contributed by atoms with van der Waals surface area (Å²) in [6.45, 7) is 0. The second kappa shape index (κ2) is 9.14. The number of alkyl halides is 3. The van der Waals surface area contributed by atoms with Gasteiger partial charge in [-0.2, -0.15) is 21.6 Å². The van der Waals surface area contributed by atoms with Gasteiger partial charge in [0, 0.05) is 25.4 Å². The van der Waals surface area contributed by atoms with Crippen molar-refractivity contribution < 1.29 is 25.8 Å². The molecule has 0 amide bonds. The summed E-state index contributed by atoms with van der Waals surface area (Å²) in [5, 5.41) is 8.29. The highest BCUT2D eigenvalue weighted by molar-refractivity contribution is 7.85. The number of aryl methyl sites for hydroxylation is 1. The number of halogens is 3. The Hall–Kier alpha value is -3.45. The summed E-state index contributed by atoms with van der Waals surface area (Å²) in [4.78, 5) is 13.3. The van der Waals surface area contributed by atoms with Crippen LogP contribution in [0.5, 0.6) is 0 Å². The number of pyridine rings is 1. The molecular formula is C24H24F3N5O4S. The Morgan fingerprint density at radius 3 is 2.54 bits per heavy atom. The van der Waals surface area contributed by atoms with Crippen molar-refractivity contribution in [2.24, 2.45) is 13.0 Å². The smallest absolute Gasteiger partial charge is 0.320 e. The maximum absolute atomic E-state index is 13.9. The lowest BCUT2D eigenvalue weighted by Gasteiger charge is -2.33. The molecule has 3 heterocycles. The van der Waals surface area contributed by atoms with E-state index in [1.54, 1.807) is 24.5 Å². The highest BCUT2D eigenvalue weighted by atomic mass is 32.2. The van der Waals surface area contributed by atoms with E-state index in [4.69, 9.17) is 0 Å². The van der Waals surface area contributed by atoms with Crippen molar-refractivity contribution in [2.45, 2.75) is 37.1 Å². The first-order valence-corrected chi connectivity index (χ1v) is 13.1. The molecule has 0 saturated heterocycles. The molecule has 4 aromatic rings. The predicted octanol–water partition coefficient (Wildman–Crippen LogP) is 3.65. The third-order valence-electron chi connectivity index (χ3n) is 6.88. The van der Waals surface area contributed by atoms with Crippen LogP contribution in [0.2, 0.25) is 0 Å². The number of hydrogen-bond acceptors (Lipinski definition) is 6. The molecule has 196 valence electrons. The van der Waals surface area contributed by atoms with E-state index in [0.29, 0.717) is 11.6 Å². The lowest BCUT2D eigenvalue weighted by atomic mass is 9.72. The molecule has 1 atom stereocenters. The zero-order valence-corrected chi connectivity index (χ0v) is 20.8. The van der Waals surface area contributed by atoms with Gasteiger partial charge in [-0.1, -0.05) is 18.6 Å². The topological polar surface area (TPSA) is 100 Å². The van der Waals surface area contributed by atoms with Gasteiger partial charge in [-0.15, -0.1) is 10.2 Å². The Kier molecular flexibility index (Phi) is 6.23. The third kappa shape index (κ3) is 4.68. The number of fused-ring (bicyclic) bond motifs is 1. The van der Waals surface area contributed by atoms with Crippen LogP contribution in [0.15, 0.2) is 53.8 Å². The number of aromatic nitrogens is 5. The largest absolute Gasteiger partial charge is 0.418 e. The molecule has 0 N–H and O–H groups in total. The lowest BCUT2D eigenvalue weighted by molar-refractivity contribution is -0.136. The van der Waals surface area contributed by atoms with Gasteiger partial charge < -0.3 is 4.57 Å². The first-order valence-electron chi connectivity index (χ1n) is 11.5. The van der Waals surface area contributed by atoms with Crippen LogP contribution in [0.4, 0.5) is 13.2 Å². The molecule has 1 aliphatic rings. The minimum Gasteiger partial charge on any atom is -0.320 e. The minimum atomic E-state index is -4.82. The van der Waals surface area contributed by atoms with Crippen LogP contribution < -0.4 is 5.69 Å². The van der Waals surface area contributed by atoms with E-state index in [-0.39, 0.29) is 17.0 Å². The van der Waals surface area contributed by atoms with Crippen LogP contribution in [0.1, 0.15) is 47.7 Å². The molecule has 0 aliphatic heterocycles. The van der Waals surface area contributed by atoms with Crippen molar-refractivity contribution in [1.82, 2.24) is 23.7 Å². The number of nitrogens with zero attached hydrogens (tertiary/aromatic N) is 5. The van der Waals surface area contributed by atoms with Gasteiger partial charge in [-0.3, -0.25) is 13.2 Å². The van der Waals surface area contributed by atoms with E-state index >= 15 is 0 Å². The van der Waals surface area contributed by atoms with Gasteiger partial charge in [0.25, 0.3) is 10.1 Å². The van der Waals surface area contributed by atoms with Crippen LogP contribution in [-0.4, -0.2) is 39.3 Å². The SMILES string of the molecule is COS(=O)(=O)Cc1cc(C(F)(F)F)c2cn(-c3cccc(C(c4nncn4C)C4CCC4)c3)c(=O)n2c1. The van der Waals surface area contributed by atoms with Gasteiger partial charge in [0.1, 0.15) is 17.9 Å². The van der Waals surface area contributed by atoms with E-state index in [9.17, 15) is 26.4 Å². The highest BCUT2D eigenvalue weighted by Gasteiger charge is 2.35. The number of imidazole rings is 1. The Morgan fingerprint density at radius 2 is 1.95 bits per heavy atom. The molecule has 3 aromatic heterocycles. The zero-order chi connectivity index (χ0) is 26.5. The van der Waals surface area contributed by atoms with Crippen molar-refractivity contribution in [2.75, 3.05) is 7.11 Å². The van der Waals surface area contributed by atoms with Crippen molar-refractivity contribution in [3.8, 4) is 5.69 Å². The first kappa shape index (κ1) is 25.2. The molecule has 13 heteroatoms. The summed E-state index contributed by atoms with van der Waals surface area (Å²) in [6, 6.07) is 7.82. The van der Waals surface area contributed by atoms with Gasteiger partial charge in [0.05, 0.1) is 23.9 Å². The summed E-state index contributed by atoms with van der Waals surface area (Å²) in [7, 11) is -1.33. The summed E-state index contributed by atoms with van der Waals surface area (Å²) in [5.74, 6) is 0.228. The van der Waals surface area contributed by atoms with Crippen LogP contribution in [0, 0.1) is 5.92 Å². The van der Waals surface area contributed by atoms with Gasteiger partial charge in [0.15, 0.2) is 0 Å². The molecule has 1 fully saturated rings. The molecule has 1 aromatic carbocycles. The van der Waals surface area contributed by atoms with Crippen LogP contribution in [0.3, 0.4) is 0 Å². The molecule has 1 aliphatic carbocycles. The van der Waals surface area contributed by atoms with E-state index < -0.39 is 33.3 Å². The Labute approximate surface area is 210 Å². The standard InChI is InChI=1S/C24H24F3N5O4S/c1-30-14-28-29-22(30)21(16-5-3-6-16)17-7-4-8-18(10-17)31-12-20-19(24(25,26)27)9-15(11-32(20)23(31)33)13-37(34,35)36-2/h4,7-12,14,16,21H,3,5-6,13H2,1-2H3. The zero-order valence-electron chi connectivity index (χ0n) is 20.0. The quantitative estimate of drug-likeness (QED) is 0.335. The summed E-state index contributed by atoms with van der Waals surface area (Å²) >= 11 is 0. The average Bonchev–Trinajstić information content (AvgIpc) is 3.38. The summed E-state index contributed by atoms with van der Waals surface area (Å²) in [6.07, 6.45) is 2.15. The van der Waals surface area contributed by atoms with Crippen LogP contribution >= 0.6 is 0 Å². The summed E-state index contributed by atoms with van der Waals surface area (Å²) < 4.78 is 73.7. The van der Waals surface area contributed by atoms with E-state index in [1.807, 2.05) is 17.7 Å². The van der Waals surface area contributed by atoms with Gasteiger partial charge in [0.2, 0.25) is 0 Å². The highest BCUT2D eigenvalue weighted by Crippen LogP contribution is 2.43. The van der Waals surface area contributed by atoms with Crippen molar-refractivity contribution >= 4 is 15.6 Å².